The topological polar surface area (TPSA) is 78.3 Å². The second-order valence-electron chi connectivity index (χ2n) is 8.74. The molecule has 0 saturated heterocycles. The fourth-order valence-corrected chi connectivity index (χ4v) is 5.40. The van der Waals surface area contributed by atoms with Crippen LogP contribution in [0.15, 0.2) is 57.3 Å². The van der Waals surface area contributed by atoms with Gasteiger partial charge in [0.2, 0.25) is 11.1 Å². The Morgan fingerprint density at radius 3 is 2.73 bits per heavy atom. The number of carbonyl (C=O) groups excluding carboxylic acids is 1. The first kappa shape index (κ1) is 27.8. The van der Waals surface area contributed by atoms with E-state index in [4.69, 9.17) is 37.8 Å². The number of thioether (sulfide) groups is 1. The molecule has 1 aromatic heterocycles. The van der Waals surface area contributed by atoms with Crippen molar-refractivity contribution < 1.29 is 14.3 Å². The Balaban J connectivity index is 1.80. The summed E-state index contributed by atoms with van der Waals surface area (Å²) >= 11 is 17.6. The lowest BCUT2D eigenvalue weighted by Crippen LogP contribution is -2.31. The minimum atomic E-state index is -0.626. The van der Waals surface area contributed by atoms with Gasteiger partial charge in [0.15, 0.2) is 0 Å². The molecule has 0 spiro atoms. The summed E-state index contributed by atoms with van der Waals surface area (Å²) in [6.07, 6.45) is 0.706. The van der Waals surface area contributed by atoms with Gasteiger partial charge in [0.25, 0.3) is 0 Å². The molecule has 7 nitrogen and oxygen atoms in total. The summed E-state index contributed by atoms with van der Waals surface area (Å²) in [6.45, 7) is 7.80. The lowest BCUT2D eigenvalue weighted by Gasteiger charge is -2.29. The highest BCUT2D eigenvalue weighted by Gasteiger charge is 2.37. The number of anilines is 1. The van der Waals surface area contributed by atoms with Crippen molar-refractivity contribution in [2.45, 2.75) is 58.0 Å². The van der Waals surface area contributed by atoms with Crippen LogP contribution in [-0.4, -0.2) is 32.6 Å². The normalized spacial score (nSPS) is 15.0. The zero-order valence-corrected chi connectivity index (χ0v) is 24.8. The van der Waals surface area contributed by atoms with Crippen LogP contribution in [0.3, 0.4) is 0 Å². The van der Waals surface area contributed by atoms with Gasteiger partial charge in [-0.2, -0.15) is 4.98 Å². The van der Waals surface area contributed by atoms with Crippen molar-refractivity contribution in [3.8, 4) is 5.75 Å². The van der Waals surface area contributed by atoms with E-state index >= 15 is 0 Å². The Kier molecular flexibility index (Phi) is 9.11. The first-order valence-corrected chi connectivity index (χ1v) is 14.4. The number of nitrogens with zero attached hydrogens (tertiary/aromatic N) is 3. The second kappa shape index (κ2) is 12.1. The zero-order chi connectivity index (χ0) is 26.7. The van der Waals surface area contributed by atoms with Crippen LogP contribution in [0.1, 0.15) is 51.3 Å². The van der Waals surface area contributed by atoms with E-state index in [1.165, 1.54) is 0 Å². The molecule has 2 aromatic carbocycles. The van der Waals surface area contributed by atoms with Gasteiger partial charge in [-0.3, -0.25) is 0 Å². The van der Waals surface area contributed by atoms with E-state index in [0.29, 0.717) is 38.2 Å². The van der Waals surface area contributed by atoms with Gasteiger partial charge in [0.05, 0.1) is 11.7 Å². The van der Waals surface area contributed by atoms with E-state index in [1.807, 2.05) is 45.0 Å². The molecule has 1 N–H and O–H groups in total. The third kappa shape index (κ3) is 6.45. The van der Waals surface area contributed by atoms with E-state index in [-0.39, 0.29) is 12.7 Å². The molecule has 0 saturated carbocycles. The first-order chi connectivity index (χ1) is 17.7. The Morgan fingerprint density at radius 2 is 2.03 bits per heavy atom. The number of fused-ring (bicyclic) bond motifs is 1. The quantitative estimate of drug-likeness (QED) is 0.193. The van der Waals surface area contributed by atoms with E-state index in [0.717, 1.165) is 27.8 Å². The lowest BCUT2D eigenvalue weighted by atomic mass is 9.95. The number of esters is 1. The average molecular weight is 626 g/mol. The molecular weight excluding hydrogens is 599 g/mol. The van der Waals surface area contributed by atoms with Gasteiger partial charge in [-0.15, -0.1) is 5.10 Å². The molecule has 196 valence electrons. The molecule has 1 aliphatic heterocycles. The third-order valence-corrected chi connectivity index (χ3v) is 7.62. The molecule has 1 unspecified atom stereocenters. The number of benzene rings is 2. The maximum atomic E-state index is 13.4. The molecule has 1 aliphatic rings. The summed E-state index contributed by atoms with van der Waals surface area (Å²) in [5.41, 5.74) is 2.60. The fourth-order valence-electron chi connectivity index (χ4n) is 3.87. The van der Waals surface area contributed by atoms with E-state index in [2.05, 4.69) is 33.2 Å². The number of carbonyl (C=O) groups is 1. The van der Waals surface area contributed by atoms with Crippen LogP contribution in [0.5, 0.6) is 5.75 Å². The van der Waals surface area contributed by atoms with Gasteiger partial charge in [0, 0.05) is 37.1 Å². The molecule has 2 heterocycles. The highest BCUT2D eigenvalue weighted by atomic mass is 79.9. The van der Waals surface area contributed by atoms with Crippen molar-refractivity contribution >= 4 is 62.8 Å². The molecule has 11 heteroatoms. The van der Waals surface area contributed by atoms with E-state index < -0.39 is 12.0 Å². The largest absolute Gasteiger partial charge is 0.488 e. The van der Waals surface area contributed by atoms with Gasteiger partial charge in [-0.05, 0) is 57.5 Å². The lowest BCUT2D eigenvalue weighted by molar-refractivity contribution is -0.143. The molecule has 0 aliphatic carbocycles. The van der Waals surface area contributed by atoms with Crippen LogP contribution in [0.4, 0.5) is 5.95 Å². The van der Waals surface area contributed by atoms with E-state index in [9.17, 15) is 4.79 Å². The molecule has 3 aromatic rings. The number of nitrogens with one attached hydrogen (secondary N) is 1. The molecule has 1 atom stereocenters. The van der Waals surface area contributed by atoms with Crippen LogP contribution < -0.4 is 10.1 Å². The molecule has 0 bridgehead atoms. The smallest absolute Gasteiger partial charge is 0.338 e. The fraction of sp³-hybridized carbons (Fsp3) is 0.346. The van der Waals surface area contributed by atoms with Crippen LogP contribution in [0.2, 0.25) is 10.0 Å². The second-order valence-corrected chi connectivity index (χ2v) is 11.6. The molecule has 0 radical (unpaired) electrons. The number of rotatable bonds is 9. The number of aromatic nitrogens is 3. The molecule has 37 heavy (non-hydrogen) atoms. The van der Waals surface area contributed by atoms with Gasteiger partial charge >= 0.3 is 5.97 Å². The van der Waals surface area contributed by atoms with Crippen LogP contribution in [-0.2, 0) is 16.1 Å². The Morgan fingerprint density at radius 1 is 1.24 bits per heavy atom. The number of ether oxygens (including phenoxy) is 2. The maximum absolute atomic E-state index is 13.4. The van der Waals surface area contributed by atoms with Crippen molar-refractivity contribution in [3.63, 3.8) is 0 Å². The monoisotopic (exact) mass is 624 g/mol. The summed E-state index contributed by atoms with van der Waals surface area (Å²) in [6, 6.07) is 10.3. The van der Waals surface area contributed by atoms with Gasteiger partial charge in [0.1, 0.15) is 18.4 Å². The van der Waals surface area contributed by atoms with Crippen LogP contribution in [0.25, 0.3) is 0 Å². The maximum Gasteiger partial charge on any atom is 0.338 e. The highest BCUT2D eigenvalue weighted by molar-refractivity contribution is 9.10. The summed E-state index contributed by atoms with van der Waals surface area (Å²) in [5, 5.41) is 9.70. The predicted octanol–water partition coefficient (Wildman–Crippen LogP) is 7.67. The Hall–Kier alpha value is -2.20. The standard InChI is InChI=1S/C26H27BrCl2N4O3S/c1-5-10-37-26-31-25-30-15(4)22(24(34)36-14(2)3)23(33(25)32-26)19-11-17(27)7-9-21(19)35-13-16-6-8-18(28)12-20(16)29/h6-9,11-12,14,23H,5,10,13H2,1-4H3,(H,30,31,32). The highest BCUT2D eigenvalue weighted by Crippen LogP contribution is 2.42. The van der Waals surface area contributed by atoms with E-state index in [1.54, 1.807) is 28.6 Å². The number of hydrogen-bond acceptors (Lipinski definition) is 7. The van der Waals surface area contributed by atoms with Crippen molar-refractivity contribution in [1.29, 1.82) is 0 Å². The van der Waals surface area contributed by atoms with Crippen molar-refractivity contribution in [2.75, 3.05) is 11.1 Å². The van der Waals surface area contributed by atoms with Crippen molar-refractivity contribution in [2.24, 2.45) is 0 Å². The molecule has 0 fully saturated rings. The van der Waals surface area contributed by atoms with Crippen LogP contribution >= 0.6 is 50.9 Å². The average Bonchev–Trinajstić information content (AvgIpc) is 3.23. The summed E-state index contributed by atoms with van der Waals surface area (Å²) in [7, 11) is 0. The first-order valence-electron chi connectivity index (χ1n) is 11.8. The zero-order valence-electron chi connectivity index (χ0n) is 20.8. The molecule has 0 amide bonds. The summed E-state index contributed by atoms with van der Waals surface area (Å²) in [5.74, 6) is 1.58. The number of halogens is 3. The van der Waals surface area contributed by atoms with Crippen molar-refractivity contribution in [3.05, 3.63) is 73.3 Å². The minimum Gasteiger partial charge on any atom is -0.488 e. The molecule has 4 rings (SSSR count). The molecular formula is C26H27BrCl2N4O3S. The number of hydrogen-bond donors (Lipinski definition) is 1. The van der Waals surface area contributed by atoms with Gasteiger partial charge < -0.3 is 14.8 Å². The van der Waals surface area contributed by atoms with Crippen LogP contribution in [0, 0.1) is 0 Å². The summed E-state index contributed by atoms with van der Waals surface area (Å²) in [4.78, 5) is 18.0. The Bertz CT molecular complexity index is 1350. The summed E-state index contributed by atoms with van der Waals surface area (Å²) < 4.78 is 14.5. The van der Waals surface area contributed by atoms with Gasteiger partial charge in [-0.1, -0.05) is 63.9 Å². The number of allylic oxidation sites excluding steroid dienone is 1. The minimum absolute atomic E-state index is 0.214. The van der Waals surface area contributed by atoms with Crippen molar-refractivity contribution in [1.82, 2.24) is 14.8 Å². The third-order valence-electron chi connectivity index (χ3n) is 5.50. The SMILES string of the molecule is CCCSc1nc2n(n1)C(c1cc(Br)ccc1OCc1ccc(Cl)cc1Cl)C(C(=O)OC(C)C)=C(C)N2. The predicted molar refractivity (Wildman–Crippen MR) is 152 cm³/mol. The Labute approximate surface area is 239 Å². The van der Waals surface area contributed by atoms with Gasteiger partial charge in [-0.25, -0.2) is 9.48 Å².